The van der Waals surface area contributed by atoms with E-state index in [0.29, 0.717) is 39.8 Å². The molecule has 14 heteroatoms. The molecular formula is C26H35N7O5S2. The first-order chi connectivity index (χ1) is 19.2. The van der Waals surface area contributed by atoms with Gasteiger partial charge in [0.05, 0.1) is 30.4 Å². The first-order valence-electron chi connectivity index (χ1n) is 13.1. The highest BCUT2D eigenvalue weighted by atomic mass is 32.2. The van der Waals surface area contributed by atoms with E-state index in [0.717, 1.165) is 51.4 Å². The van der Waals surface area contributed by atoms with Crippen LogP contribution >= 0.6 is 11.3 Å². The minimum atomic E-state index is -3.26. The summed E-state index contributed by atoms with van der Waals surface area (Å²) in [6.45, 7) is 9.36. The fourth-order valence-electron chi connectivity index (χ4n) is 4.01. The van der Waals surface area contributed by atoms with Crippen LogP contribution in [0.3, 0.4) is 0 Å². The molecule has 0 amide bonds. The Hall–Kier alpha value is -3.33. The molecule has 3 aromatic rings. The van der Waals surface area contributed by atoms with Gasteiger partial charge in [0.15, 0.2) is 15.0 Å². The highest BCUT2D eigenvalue weighted by Crippen LogP contribution is 2.26. The summed E-state index contributed by atoms with van der Waals surface area (Å²) >= 11 is 1.18. The van der Waals surface area contributed by atoms with E-state index in [-0.39, 0.29) is 11.5 Å². The number of nitrogens with zero attached hydrogens (tertiary/aromatic N) is 4. The van der Waals surface area contributed by atoms with Crippen LogP contribution in [0.15, 0.2) is 35.2 Å². The minimum absolute atomic E-state index is 0.272. The zero-order valence-electron chi connectivity index (χ0n) is 22.9. The SMILES string of the molecule is CCOC(=O)c1sc(Nc2nc(NCCCN3CCOCC3)cc(NCc3ccc(S(C)(=O)=O)cc3)n2)nc1C. The summed E-state index contributed by atoms with van der Waals surface area (Å²) in [7, 11) is -3.26. The molecule has 0 radical (unpaired) electrons. The maximum atomic E-state index is 12.2. The molecule has 1 saturated heterocycles. The van der Waals surface area contributed by atoms with Crippen molar-refractivity contribution in [3.05, 3.63) is 46.5 Å². The predicted octanol–water partition coefficient (Wildman–Crippen LogP) is 3.31. The summed E-state index contributed by atoms with van der Waals surface area (Å²) in [6, 6.07) is 8.54. The van der Waals surface area contributed by atoms with Crippen LogP contribution in [0.25, 0.3) is 0 Å². The lowest BCUT2D eigenvalue weighted by Gasteiger charge is -2.26. The van der Waals surface area contributed by atoms with Crippen molar-refractivity contribution < 1.29 is 22.7 Å². The van der Waals surface area contributed by atoms with Gasteiger partial charge in [-0.3, -0.25) is 10.2 Å². The van der Waals surface area contributed by atoms with E-state index in [2.05, 4.69) is 35.8 Å². The van der Waals surface area contributed by atoms with Crippen molar-refractivity contribution in [2.75, 3.05) is 68.2 Å². The maximum Gasteiger partial charge on any atom is 0.350 e. The van der Waals surface area contributed by atoms with Crippen molar-refractivity contribution in [3.8, 4) is 0 Å². The number of aryl methyl sites for hydroxylation is 1. The molecule has 1 aromatic carbocycles. The summed E-state index contributed by atoms with van der Waals surface area (Å²) in [5.74, 6) is 1.11. The molecule has 1 aliphatic rings. The number of anilines is 4. The Morgan fingerprint density at radius 1 is 1.10 bits per heavy atom. The van der Waals surface area contributed by atoms with E-state index >= 15 is 0 Å². The van der Waals surface area contributed by atoms with E-state index in [1.54, 1.807) is 38.1 Å². The second-order valence-electron chi connectivity index (χ2n) is 9.25. The van der Waals surface area contributed by atoms with Gasteiger partial charge in [0.25, 0.3) is 0 Å². The number of aromatic nitrogens is 3. The number of hydrogen-bond acceptors (Lipinski definition) is 13. The minimum Gasteiger partial charge on any atom is -0.462 e. The van der Waals surface area contributed by atoms with Gasteiger partial charge in [0, 0.05) is 38.5 Å². The van der Waals surface area contributed by atoms with Gasteiger partial charge >= 0.3 is 5.97 Å². The van der Waals surface area contributed by atoms with Crippen molar-refractivity contribution in [1.29, 1.82) is 0 Å². The largest absolute Gasteiger partial charge is 0.462 e. The van der Waals surface area contributed by atoms with Gasteiger partial charge in [-0.2, -0.15) is 9.97 Å². The lowest BCUT2D eigenvalue weighted by Crippen LogP contribution is -2.37. The third-order valence-corrected chi connectivity index (χ3v) is 8.27. The van der Waals surface area contributed by atoms with Crippen LogP contribution in [0.5, 0.6) is 0 Å². The number of benzene rings is 1. The van der Waals surface area contributed by atoms with E-state index in [1.807, 2.05) is 6.07 Å². The average molecular weight is 590 g/mol. The highest BCUT2D eigenvalue weighted by molar-refractivity contribution is 7.90. The van der Waals surface area contributed by atoms with Gasteiger partial charge < -0.3 is 20.1 Å². The van der Waals surface area contributed by atoms with Crippen molar-refractivity contribution in [2.24, 2.45) is 0 Å². The molecule has 216 valence electrons. The number of carbonyl (C=O) groups is 1. The van der Waals surface area contributed by atoms with Gasteiger partial charge in [0.1, 0.15) is 16.5 Å². The average Bonchev–Trinajstić information content (AvgIpc) is 3.30. The third-order valence-electron chi connectivity index (χ3n) is 6.09. The first-order valence-corrected chi connectivity index (χ1v) is 15.8. The monoisotopic (exact) mass is 589 g/mol. The van der Waals surface area contributed by atoms with Crippen LogP contribution in [0.2, 0.25) is 0 Å². The van der Waals surface area contributed by atoms with Gasteiger partial charge in [0.2, 0.25) is 5.95 Å². The molecular weight excluding hydrogens is 554 g/mol. The molecule has 12 nitrogen and oxygen atoms in total. The quantitative estimate of drug-likeness (QED) is 0.198. The topological polar surface area (TPSA) is 148 Å². The van der Waals surface area contributed by atoms with Crippen LogP contribution in [-0.4, -0.2) is 86.5 Å². The van der Waals surface area contributed by atoms with Gasteiger partial charge in [-0.1, -0.05) is 23.5 Å². The molecule has 1 aliphatic heterocycles. The lowest BCUT2D eigenvalue weighted by atomic mass is 10.2. The smallest absolute Gasteiger partial charge is 0.350 e. The van der Waals surface area contributed by atoms with Crippen LogP contribution < -0.4 is 16.0 Å². The van der Waals surface area contributed by atoms with Crippen molar-refractivity contribution in [3.63, 3.8) is 0 Å². The Balaban J connectivity index is 1.46. The number of rotatable bonds is 13. The van der Waals surface area contributed by atoms with Crippen molar-refractivity contribution in [1.82, 2.24) is 19.9 Å². The third kappa shape index (κ3) is 8.58. The molecule has 0 spiro atoms. The number of hydrogen-bond donors (Lipinski definition) is 3. The van der Waals surface area contributed by atoms with Gasteiger partial charge in [-0.05, 0) is 44.5 Å². The van der Waals surface area contributed by atoms with E-state index < -0.39 is 15.8 Å². The Bertz CT molecular complexity index is 1390. The second-order valence-corrected chi connectivity index (χ2v) is 12.3. The first kappa shape index (κ1) is 29.6. The number of ether oxygens (including phenoxy) is 2. The second kappa shape index (κ2) is 13.8. The summed E-state index contributed by atoms with van der Waals surface area (Å²) in [4.78, 5) is 28.9. The van der Waals surface area contributed by atoms with E-state index in [4.69, 9.17) is 9.47 Å². The Morgan fingerprint density at radius 2 is 1.80 bits per heavy atom. The summed E-state index contributed by atoms with van der Waals surface area (Å²) in [6.07, 6.45) is 2.13. The summed E-state index contributed by atoms with van der Waals surface area (Å²) < 4.78 is 34.0. The summed E-state index contributed by atoms with van der Waals surface area (Å²) in [5.41, 5.74) is 1.47. The van der Waals surface area contributed by atoms with Crippen molar-refractivity contribution >= 4 is 49.9 Å². The molecule has 2 aromatic heterocycles. The summed E-state index contributed by atoms with van der Waals surface area (Å²) in [5, 5.41) is 10.3. The Morgan fingerprint density at radius 3 is 2.48 bits per heavy atom. The number of esters is 1. The zero-order chi connectivity index (χ0) is 28.5. The predicted molar refractivity (Wildman–Crippen MR) is 155 cm³/mol. The molecule has 0 bridgehead atoms. The molecule has 0 unspecified atom stereocenters. The van der Waals surface area contributed by atoms with Gasteiger partial charge in [-0.15, -0.1) is 0 Å². The number of carbonyl (C=O) groups excluding carboxylic acids is 1. The molecule has 3 N–H and O–H groups in total. The van der Waals surface area contributed by atoms with Crippen LogP contribution in [0.1, 0.15) is 34.3 Å². The molecule has 3 heterocycles. The van der Waals surface area contributed by atoms with Crippen molar-refractivity contribution in [2.45, 2.75) is 31.7 Å². The van der Waals surface area contributed by atoms with E-state index in [9.17, 15) is 13.2 Å². The molecule has 1 fully saturated rings. The molecule has 0 atom stereocenters. The Labute approximate surface area is 238 Å². The van der Waals surface area contributed by atoms with Gasteiger partial charge in [-0.25, -0.2) is 18.2 Å². The fraction of sp³-hybridized carbons (Fsp3) is 0.462. The lowest BCUT2D eigenvalue weighted by molar-refractivity contribution is 0.0378. The Kier molecular flexibility index (Phi) is 10.3. The van der Waals surface area contributed by atoms with E-state index in [1.165, 1.54) is 17.6 Å². The van der Waals surface area contributed by atoms with Crippen LogP contribution in [-0.2, 0) is 25.9 Å². The normalized spacial score (nSPS) is 14.1. The number of morpholine rings is 1. The molecule has 0 aliphatic carbocycles. The fourth-order valence-corrected chi connectivity index (χ4v) is 5.49. The van der Waals surface area contributed by atoms with Crippen LogP contribution in [0.4, 0.5) is 22.7 Å². The zero-order valence-corrected chi connectivity index (χ0v) is 24.5. The maximum absolute atomic E-state index is 12.2. The standard InChI is InChI=1S/C26H35N7O5S2/c1-4-38-24(34)23-18(2)29-26(39-23)32-25-30-21(27-10-5-11-33-12-14-37-15-13-33)16-22(31-25)28-17-19-6-8-20(9-7-19)40(3,35)36/h6-9,16H,4-5,10-15,17H2,1-3H3,(H3,27,28,29,30,31,32). The number of thiazole rings is 1. The highest BCUT2D eigenvalue weighted by Gasteiger charge is 2.17. The molecule has 0 saturated carbocycles. The number of nitrogens with one attached hydrogen (secondary N) is 3. The molecule has 4 rings (SSSR count). The van der Waals surface area contributed by atoms with Crippen LogP contribution in [0, 0.1) is 6.92 Å². The molecule has 40 heavy (non-hydrogen) atoms. The number of sulfone groups is 1.